The number of benzene rings is 1. The van der Waals surface area contributed by atoms with Crippen LogP contribution in [0, 0.1) is 0 Å². The highest BCUT2D eigenvalue weighted by molar-refractivity contribution is 9.10. The minimum atomic E-state index is 0.0507. The van der Waals surface area contributed by atoms with E-state index in [0.717, 1.165) is 35.5 Å². The maximum Gasteiger partial charge on any atom is 0.152 e. The molecule has 0 radical (unpaired) electrons. The van der Waals surface area contributed by atoms with Gasteiger partial charge in [-0.25, -0.2) is 0 Å². The molecule has 2 heterocycles. The number of hydrogen-bond donors (Lipinski definition) is 1. The smallest absolute Gasteiger partial charge is 0.152 e. The van der Waals surface area contributed by atoms with Gasteiger partial charge < -0.3 is 15.2 Å². The van der Waals surface area contributed by atoms with Gasteiger partial charge in [-0.15, -0.1) is 10.2 Å². The first-order chi connectivity index (χ1) is 9.15. The van der Waals surface area contributed by atoms with Gasteiger partial charge in [0.05, 0.1) is 12.2 Å². The van der Waals surface area contributed by atoms with E-state index in [1.54, 1.807) is 6.33 Å². The first-order valence-electron chi connectivity index (χ1n) is 6.32. The molecule has 0 amide bonds. The lowest BCUT2D eigenvalue weighted by molar-refractivity contribution is 0.559. The van der Waals surface area contributed by atoms with Crippen LogP contribution in [0.4, 0.5) is 5.69 Å². The lowest BCUT2D eigenvalue weighted by atomic mass is 10.1. The fraction of sp³-hybridized carbons (Fsp3) is 0.385. The minimum Gasteiger partial charge on any atom is -0.361 e. The zero-order valence-electron chi connectivity index (χ0n) is 10.8. The van der Waals surface area contributed by atoms with Crippen molar-refractivity contribution in [3.8, 4) is 0 Å². The third kappa shape index (κ3) is 2.37. The molecule has 1 aromatic carbocycles. The van der Waals surface area contributed by atoms with Crippen molar-refractivity contribution in [3.63, 3.8) is 0 Å². The second kappa shape index (κ2) is 4.94. The molecule has 1 atom stereocenters. The number of anilines is 1. The van der Waals surface area contributed by atoms with Gasteiger partial charge in [-0.05, 0) is 40.5 Å². The molecule has 1 aliphatic rings. The van der Waals surface area contributed by atoms with E-state index in [1.165, 1.54) is 5.69 Å². The summed E-state index contributed by atoms with van der Waals surface area (Å²) in [5.74, 6) is 1.01. The fourth-order valence-corrected chi connectivity index (χ4v) is 2.98. The van der Waals surface area contributed by atoms with Crippen molar-refractivity contribution in [3.05, 3.63) is 40.4 Å². The van der Waals surface area contributed by atoms with Gasteiger partial charge in [-0.3, -0.25) is 0 Å². The van der Waals surface area contributed by atoms with Crippen LogP contribution in [0.1, 0.15) is 24.4 Å². The monoisotopic (exact) mass is 321 g/mol. The highest BCUT2D eigenvalue weighted by atomic mass is 79.9. The van der Waals surface area contributed by atoms with E-state index in [0.29, 0.717) is 0 Å². The second-order valence-electron chi connectivity index (χ2n) is 4.86. The van der Waals surface area contributed by atoms with Crippen molar-refractivity contribution < 1.29 is 0 Å². The first kappa shape index (κ1) is 12.6. The van der Waals surface area contributed by atoms with E-state index in [9.17, 15) is 0 Å². The highest BCUT2D eigenvalue weighted by Gasteiger charge is 2.19. The van der Waals surface area contributed by atoms with E-state index in [4.69, 9.17) is 5.73 Å². The predicted octanol–water partition coefficient (Wildman–Crippen LogP) is 2.08. The van der Waals surface area contributed by atoms with Crippen LogP contribution in [0.2, 0.25) is 0 Å². The molecule has 100 valence electrons. The summed E-state index contributed by atoms with van der Waals surface area (Å²) in [5, 5.41) is 8.09. The Kier molecular flexibility index (Phi) is 3.28. The lowest BCUT2D eigenvalue weighted by Gasteiger charge is -2.30. The maximum atomic E-state index is 5.90. The van der Waals surface area contributed by atoms with Crippen molar-refractivity contribution >= 4 is 21.6 Å². The van der Waals surface area contributed by atoms with Gasteiger partial charge >= 0.3 is 0 Å². The molecule has 1 aromatic heterocycles. The summed E-state index contributed by atoms with van der Waals surface area (Å²) in [5.41, 5.74) is 8.22. The number of fused-ring (bicyclic) bond motifs is 1. The van der Waals surface area contributed by atoms with E-state index in [2.05, 4.69) is 53.8 Å². The Hall–Kier alpha value is -1.40. The minimum absolute atomic E-state index is 0.0507. The van der Waals surface area contributed by atoms with Crippen LogP contribution in [-0.2, 0) is 13.1 Å². The quantitative estimate of drug-likeness (QED) is 0.920. The van der Waals surface area contributed by atoms with Crippen molar-refractivity contribution in [2.24, 2.45) is 5.73 Å². The molecule has 0 aliphatic carbocycles. The molecular weight excluding hydrogens is 306 g/mol. The molecule has 0 bridgehead atoms. The summed E-state index contributed by atoms with van der Waals surface area (Å²) in [4.78, 5) is 2.30. The molecule has 0 fully saturated rings. The highest BCUT2D eigenvalue weighted by Crippen LogP contribution is 2.30. The molecule has 5 nitrogen and oxygen atoms in total. The summed E-state index contributed by atoms with van der Waals surface area (Å²) in [6.45, 7) is 4.66. The van der Waals surface area contributed by atoms with Crippen molar-refractivity contribution in [1.29, 1.82) is 0 Å². The van der Waals surface area contributed by atoms with Crippen LogP contribution < -0.4 is 10.6 Å². The molecule has 2 N–H and O–H groups in total. The van der Waals surface area contributed by atoms with E-state index in [1.807, 2.05) is 6.92 Å². The molecule has 0 spiro atoms. The number of aromatic nitrogens is 3. The molecule has 2 aromatic rings. The number of rotatable bonds is 2. The number of hydrogen-bond acceptors (Lipinski definition) is 4. The first-order valence-corrected chi connectivity index (χ1v) is 7.11. The summed E-state index contributed by atoms with van der Waals surface area (Å²) in [6, 6.07) is 6.35. The second-order valence-corrected chi connectivity index (χ2v) is 5.72. The molecule has 0 unspecified atom stereocenters. The van der Waals surface area contributed by atoms with Crippen LogP contribution in [0.15, 0.2) is 29.0 Å². The van der Waals surface area contributed by atoms with Gasteiger partial charge in [0.1, 0.15) is 6.33 Å². The summed E-state index contributed by atoms with van der Waals surface area (Å²) < 4.78 is 3.18. The van der Waals surface area contributed by atoms with Crippen LogP contribution >= 0.6 is 15.9 Å². The Morgan fingerprint density at radius 2 is 2.21 bits per heavy atom. The number of nitrogens with two attached hydrogens (primary N) is 1. The summed E-state index contributed by atoms with van der Waals surface area (Å²) in [7, 11) is 0. The predicted molar refractivity (Wildman–Crippen MR) is 77.8 cm³/mol. The van der Waals surface area contributed by atoms with E-state index < -0.39 is 0 Å². The molecular formula is C13H16BrN5. The van der Waals surface area contributed by atoms with Gasteiger partial charge in [-0.2, -0.15) is 0 Å². The molecule has 6 heteroatoms. The summed E-state index contributed by atoms with van der Waals surface area (Å²) in [6.07, 6.45) is 1.79. The average Bonchev–Trinajstić information content (AvgIpc) is 2.85. The Morgan fingerprint density at radius 3 is 2.95 bits per heavy atom. The Labute approximate surface area is 120 Å². The van der Waals surface area contributed by atoms with Crippen LogP contribution in [0.25, 0.3) is 0 Å². The van der Waals surface area contributed by atoms with Gasteiger partial charge in [0.15, 0.2) is 5.82 Å². The average molecular weight is 322 g/mol. The van der Waals surface area contributed by atoms with E-state index >= 15 is 0 Å². The van der Waals surface area contributed by atoms with Crippen molar-refractivity contribution in [1.82, 2.24) is 14.8 Å². The Morgan fingerprint density at radius 1 is 1.37 bits per heavy atom. The molecule has 19 heavy (non-hydrogen) atoms. The number of nitrogens with zero attached hydrogens (tertiary/aromatic N) is 4. The van der Waals surface area contributed by atoms with Crippen molar-refractivity contribution in [2.45, 2.75) is 26.1 Å². The van der Waals surface area contributed by atoms with Crippen LogP contribution in [0.5, 0.6) is 0 Å². The SMILES string of the molecule is C[C@@H](N)c1ccc(N2CCn3cnnc3C2)c(Br)c1. The van der Waals surface area contributed by atoms with E-state index in [-0.39, 0.29) is 6.04 Å². The third-order valence-corrected chi connectivity index (χ3v) is 4.11. The molecule has 0 saturated carbocycles. The topological polar surface area (TPSA) is 60.0 Å². The molecule has 1 aliphatic heterocycles. The van der Waals surface area contributed by atoms with Gasteiger partial charge in [0.2, 0.25) is 0 Å². The van der Waals surface area contributed by atoms with Crippen molar-refractivity contribution in [2.75, 3.05) is 11.4 Å². The largest absolute Gasteiger partial charge is 0.361 e. The Bertz CT molecular complexity index is 592. The van der Waals surface area contributed by atoms with Gasteiger partial charge in [0.25, 0.3) is 0 Å². The zero-order chi connectivity index (χ0) is 13.4. The summed E-state index contributed by atoms with van der Waals surface area (Å²) >= 11 is 3.64. The van der Waals surface area contributed by atoms with Gasteiger partial charge in [0, 0.05) is 23.6 Å². The maximum absolute atomic E-state index is 5.90. The molecule has 0 saturated heterocycles. The van der Waals surface area contributed by atoms with Gasteiger partial charge in [-0.1, -0.05) is 6.07 Å². The third-order valence-electron chi connectivity index (χ3n) is 3.48. The van der Waals surface area contributed by atoms with Crippen LogP contribution in [-0.4, -0.2) is 21.3 Å². The lowest BCUT2D eigenvalue weighted by Crippen LogP contribution is -2.33. The van der Waals surface area contributed by atoms with Crippen LogP contribution in [0.3, 0.4) is 0 Å². The zero-order valence-corrected chi connectivity index (χ0v) is 12.3. The number of halogens is 1. The molecule has 3 rings (SSSR count). The standard InChI is InChI=1S/C13H16BrN5/c1-9(15)10-2-3-12(11(14)6-10)18-4-5-19-8-16-17-13(19)7-18/h2-3,6,8-9H,4-5,7,15H2,1H3/t9-/m1/s1. The Balaban J connectivity index is 1.88. The normalized spacial score (nSPS) is 16.3. The fourth-order valence-electron chi connectivity index (χ4n) is 2.33.